The Kier molecular flexibility index (Phi) is 8.09. The van der Waals surface area contributed by atoms with Gasteiger partial charge in [0.25, 0.3) is 0 Å². The third-order valence-electron chi connectivity index (χ3n) is 7.52. The number of hydrogen-bond donors (Lipinski definition) is 0. The average molecular weight is 466 g/mol. The molecule has 184 valence electrons. The number of piperazine rings is 1. The summed E-state index contributed by atoms with van der Waals surface area (Å²) in [5.41, 5.74) is 4.61. The zero-order valence-corrected chi connectivity index (χ0v) is 21.0. The van der Waals surface area contributed by atoms with Gasteiger partial charge in [-0.25, -0.2) is 4.79 Å². The largest absolute Gasteiger partial charge is 0.462 e. The molecule has 0 N–H and O–H groups in total. The van der Waals surface area contributed by atoms with Crippen LogP contribution in [0.5, 0.6) is 0 Å². The van der Waals surface area contributed by atoms with Crippen LogP contribution in [0, 0.1) is 13.8 Å². The zero-order valence-electron chi connectivity index (χ0n) is 21.0. The summed E-state index contributed by atoms with van der Waals surface area (Å²) in [5, 5.41) is 0. The first kappa shape index (κ1) is 24.5. The molecule has 4 rings (SSSR count). The van der Waals surface area contributed by atoms with Crippen molar-refractivity contribution in [3.05, 3.63) is 47.2 Å². The highest BCUT2D eigenvalue weighted by Crippen LogP contribution is 2.28. The molecule has 0 atom stereocenters. The number of aryl methyl sites for hydroxylation is 1. The van der Waals surface area contributed by atoms with E-state index in [4.69, 9.17) is 4.74 Å². The molecule has 6 nitrogen and oxygen atoms in total. The normalized spacial score (nSPS) is 17.7. The van der Waals surface area contributed by atoms with Gasteiger partial charge in [0.15, 0.2) is 0 Å². The summed E-state index contributed by atoms with van der Waals surface area (Å²) in [6.45, 7) is 10.3. The van der Waals surface area contributed by atoms with Crippen molar-refractivity contribution < 1.29 is 14.3 Å². The Labute approximate surface area is 203 Å². The van der Waals surface area contributed by atoms with Gasteiger partial charge < -0.3 is 14.2 Å². The number of aromatic nitrogens is 1. The predicted molar refractivity (Wildman–Crippen MR) is 135 cm³/mol. The second-order valence-electron chi connectivity index (χ2n) is 9.73. The molecule has 2 aromatic rings. The monoisotopic (exact) mass is 465 g/mol. The number of hydrogen-bond acceptors (Lipinski definition) is 4. The molecule has 1 aromatic carbocycles. The van der Waals surface area contributed by atoms with Crippen LogP contribution in [0.2, 0.25) is 0 Å². The van der Waals surface area contributed by atoms with Crippen molar-refractivity contribution in [3.63, 3.8) is 0 Å². The highest BCUT2D eigenvalue weighted by Gasteiger charge is 2.27. The molecular formula is C28H39N3O3. The third kappa shape index (κ3) is 5.54. The van der Waals surface area contributed by atoms with E-state index in [1.165, 1.54) is 37.7 Å². The van der Waals surface area contributed by atoms with Gasteiger partial charge in [-0.15, -0.1) is 0 Å². The molecule has 1 amide bonds. The lowest BCUT2D eigenvalue weighted by Crippen LogP contribution is -2.52. The van der Waals surface area contributed by atoms with Gasteiger partial charge in [0.05, 0.1) is 12.2 Å². The number of ether oxygens (including phenoxy) is 1. The lowest BCUT2D eigenvalue weighted by Gasteiger charge is -2.40. The fourth-order valence-corrected chi connectivity index (χ4v) is 5.46. The first-order chi connectivity index (χ1) is 16.5. The summed E-state index contributed by atoms with van der Waals surface area (Å²) in [7, 11) is 0. The molecule has 0 unspecified atom stereocenters. The molecule has 2 fully saturated rings. The van der Waals surface area contributed by atoms with Gasteiger partial charge >= 0.3 is 5.97 Å². The number of carbonyl (C=O) groups excluding carboxylic acids is 2. The maximum Gasteiger partial charge on any atom is 0.339 e. The first-order valence-electron chi connectivity index (χ1n) is 12.9. The Bertz CT molecular complexity index is 981. The molecule has 1 aromatic heterocycles. The van der Waals surface area contributed by atoms with Gasteiger partial charge in [-0.1, -0.05) is 49.1 Å². The Morgan fingerprint density at radius 3 is 2.29 bits per heavy atom. The molecule has 0 bridgehead atoms. The Morgan fingerprint density at radius 2 is 1.65 bits per heavy atom. The second-order valence-corrected chi connectivity index (χ2v) is 9.73. The van der Waals surface area contributed by atoms with Crippen molar-refractivity contribution in [1.29, 1.82) is 0 Å². The van der Waals surface area contributed by atoms with Gasteiger partial charge in [0.1, 0.15) is 0 Å². The molecule has 1 aliphatic heterocycles. The third-order valence-corrected chi connectivity index (χ3v) is 7.52. The fraction of sp³-hybridized carbons (Fsp3) is 0.571. The Balaban J connectivity index is 1.43. The number of esters is 1. The van der Waals surface area contributed by atoms with Crippen molar-refractivity contribution in [1.82, 2.24) is 14.4 Å². The van der Waals surface area contributed by atoms with E-state index in [0.717, 1.165) is 43.1 Å². The average Bonchev–Trinajstić information content (AvgIpc) is 3.20. The Hall–Kier alpha value is -2.60. The van der Waals surface area contributed by atoms with Crippen molar-refractivity contribution in [2.24, 2.45) is 0 Å². The minimum Gasteiger partial charge on any atom is -0.462 e. The number of carbonyl (C=O) groups is 2. The van der Waals surface area contributed by atoms with Crippen molar-refractivity contribution >= 4 is 11.9 Å². The molecule has 1 aliphatic carbocycles. The molecular weight excluding hydrogens is 426 g/mol. The zero-order chi connectivity index (χ0) is 24.1. The van der Waals surface area contributed by atoms with Crippen molar-refractivity contribution in [2.45, 2.75) is 71.9 Å². The van der Waals surface area contributed by atoms with Crippen LogP contribution in [0.4, 0.5) is 0 Å². The van der Waals surface area contributed by atoms with Gasteiger partial charge in [0, 0.05) is 56.6 Å². The van der Waals surface area contributed by atoms with Crippen LogP contribution in [0.25, 0.3) is 11.3 Å². The summed E-state index contributed by atoms with van der Waals surface area (Å²) in [4.78, 5) is 30.3. The number of amides is 1. The number of benzene rings is 1. The molecule has 1 saturated carbocycles. The second kappa shape index (κ2) is 11.2. The highest BCUT2D eigenvalue weighted by atomic mass is 16.5. The quantitative estimate of drug-likeness (QED) is 0.551. The van der Waals surface area contributed by atoms with E-state index in [0.29, 0.717) is 31.2 Å². The molecule has 2 heterocycles. The van der Waals surface area contributed by atoms with E-state index >= 15 is 0 Å². The van der Waals surface area contributed by atoms with Gasteiger partial charge in [-0.05, 0) is 45.2 Å². The molecule has 2 aliphatic rings. The van der Waals surface area contributed by atoms with E-state index in [1.54, 1.807) is 0 Å². The molecule has 0 spiro atoms. The molecule has 6 heteroatoms. The number of nitrogens with zero attached hydrogens (tertiary/aromatic N) is 3. The smallest absolute Gasteiger partial charge is 0.339 e. The van der Waals surface area contributed by atoms with Crippen LogP contribution in [0.3, 0.4) is 0 Å². The maximum absolute atomic E-state index is 13.1. The van der Waals surface area contributed by atoms with Crippen molar-refractivity contribution in [3.8, 4) is 11.3 Å². The lowest BCUT2D eigenvalue weighted by molar-refractivity contribution is -0.133. The summed E-state index contributed by atoms with van der Waals surface area (Å²) in [6, 6.07) is 10.9. The fourth-order valence-electron chi connectivity index (χ4n) is 5.46. The van der Waals surface area contributed by atoms with Crippen molar-refractivity contribution in [2.75, 3.05) is 32.8 Å². The minimum absolute atomic E-state index is 0.198. The number of rotatable bonds is 7. The van der Waals surface area contributed by atoms with Gasteiger partial charge in [-0.2, -0.15) is 0 Å². The maximum atomic E-state index is 13.1. The van der Waals surface area contributed by atoms with Crippen LogP contribution in [-0.4, -0.2) is 65.1 Å². The van der Waals surface area contributed by atoms with E-state index in [9.17, 15) is 9.59 Å². The van der Waals surface area contributed by atoms with Gasteiger partial charge in [-0.3, -0.25) is 9.69 Å². The summed E-state index contributed by atoms with van der Waals surface area (Å²) >= 11 is 0. The predicted octanol–water partition coefficient (Wildman–Crippen LogP) is 4.82. The van der Waals surface area contributed by atoms with E-state index in [-0.39, 0.29) is 11.9 Å². The van der Waals surface area contributed by atoms with Crippen LogP contribution in [-0.2, 0) is 16.1 Å². The highest BCUT2D eigenvalue weighted by molar-refractivity contribution is 5.92. The molecule has 0 radical (unpaired) electrons. The Morgan fingerprint density at radius 1 is 0.971 bits per heavy atom. The topological polar surface area (TPSA) is 54.8 Å². The molecule has 34 heavy (non-hydrogen) atoms. The summed E-state index contributed by atoms with van der Waals surface area (Å²) in [5.74, 6) is -0.110. The summed E-state index contributed by atoms with van der Waals surface area (Å²) < 4.78 is 7.39. The van der Waals surface area contributed by atoms with E-state index < -0.39 is 0 Å². The van der Waals surface area contributed by atoms with Crippen LogP contribution < -0.4 is 0 Å². The minimum atomic E-state index is -0.308. The van der Waals surface area contributed by atoms with Crippen LogP contribution in [0.15, 0.2) is 30.3 Å². The van der Waals surface area contributed by atoms with E-state index in [2.05, 4.69) is 40.7 Å². The van der Waals surface area contributed by atoms with E-state index in [1.807, 2.05) is 24.8 Å². The lowest BCUT2D eigenvalue weighted by atomic mass is 9.94. The van der Waals surface area contributed by atoms with Gasteiger partial charge in [0.2, 0.25) is 5.91 Å². The van der Waals surface area contributed by atoms with Crippen LogP contribution >= 0.6 is 0 Å². The molecule has 1 saturated heterocycles. The first-order valence-corrected chi connectivity index (χ1v) is 12.9. The SMILES string of the molecule is CCOC(=O)c1cc(-c2ccc(C)cc2)n(CCC(=O)N2CCN(C3CCCCC3)CC2)c1C. The standard InChI is InChI=1S/C28H39N3O3/c1-4-34-28(33)25-20-26(23-12-10-21(2)11-13-23)31(22(25)3)15-14-27(32)30-18-16-29(17-19-30)24-8-6-5-7-9-24/h10-13,20,24H,4-9,14-19H2,1-3H3. The van der Waals surface area contributed by atoms with Crippen LogP contribution in [0.1, 0.15) is 67.1 Å². The summed E-state index contributed by atoms with van der Waals surface area (Å²) in [6.07, 6.45) is 7.11.